The van der Waals surface area contributed by atoms with Gasteiger partial charge in [-0.15, -0.1) is 11.3 Å². The van der Waals surface area contributed by atoms with Crippen LogP contribution in [0.5, 0.6) is 0 Å². The summed E-state index contributed by atoms with van der Waals surface area (Å²) in [5, 5.41) is 24.7. The summed E-state index contributed by atoms with van der Waals surface area (Å²) in [6.45, 7) is 15.0. The lowest BCUT2D eigenvalue weighted by atomic mass is 9.72. The Hall–Kier alpha value is -1.67. The molecule has 1 aliphatic heterocycles. The number of aliphatic hydroxyl groups excluding tert-OH is 2. The molecule has 36 heavy (non-hydrogen) atoms. The summed E-state index contributed by atoms with van der Waals surface area (Å²) in [4.78, 5) is 31.0. The van der Waals surface area contributed by atoms with Gasteiger partial charge in [-0.1, -0.05) is 46.3 Å². The largest absolute Gasteiger partial charge is 0.392 e. The van der Waals surface area contributed by atoms with Crippen molar-refractivity contribution >= 4 is 35.1 Å². The maximum absolute atomic E-state index is 13.3. The van der Waals surface area contributed by atoms with Crippen LogP contribution in [-0.4, -0.2) is 50.7 Å². The van der Waals surface area contributed by atoms with E-state index in [1.165, 1.54) is 11.3 Å². The molecule has 2 heterocycles. The van der Waals surface area contributed by atoms with Gasteiger partial charge in [-0.25, -0.2) is 4.98 Å². The molecule has 0 spiro atoms. The fourth-order valence-electron chi connectivity index (χ4n) is 5.48. The number of ether oxygens (including phenoxy) is 1. The second-order valence-corrected chi connectivity index (χ2v) is 12.6. The zero-order valence-electron chi connectivity index (χ0n) is 22.6. The highest BCUT2D eigenvalue weighted by Gasteiger charge is 2.52. The average molecular weight is 518 g/mol. The van der Waals surface area contributed by atoms with Gasteiger partial charge in [0.2, 0.25) is 0 Å². The van der Waals surface area contributed by atoms with Gasteiger partial charge in [0.1, 0.15) is 16.6 Å². The molecule has 1 aromatic rings. The summed E-state index contributed by atoms with van der Waals surface area (Å²) in [5.74, 6) is -1.01. The molecule has 6 nitrogen and oxygen atoms in total. The number of hydrogen-bond donors (Lipinski definition) is 2. The van der Waals surface area contributed by atoms with Crippen molar-refractivity contribution in [3.05, 3.63) is 28.2 Å². The second-order valence-electron chi connectivity index (χ2n) is 11.8. The molecule has 3 rings (SSSR count). The standard InChI is InChI=1S/C29H43NO5S/c1-8-25-30-21(16-36-25)12-18(3)20-13-22(31)15-23(32)28(5,6)27(34)19(4)26(33)17(2)10-9-11-29(7)24(14-20)35-29/h8,12,16-17,19-20,23-24,26,32-33H,1,9-11,13-15H2,2-7H3/b18-12+/t17?,19?,20-,23?,24-,26-,29+/m0/s1. The lowest BCUT2D eigenvalue weighted by molar-refractivity contribution is -0.143. The van der Waals surface area contributed by atoms with E-state index in [0.717, 1.165) is 42.0 Å². The van der Waals surface area contributed by atoms with E-state index in [2.05, 4.69) is 18.5 Å². The maximum Gasteiger partial charge on any atom is 0.146 e. The van der Waals surface area contributed by atoms with Gasteiger partial charge in [0.25, 0.3) is 0 Å². The Kier molecular flexibility index (Phi) is 9.13. The van der Waals surface area contributed by atoms with Crippen molar-refractivity contribution in [2.24, 2.45) is 23.2 Å². The first-order chi connectivity index (χ1) is 16.8. The van der Waals surface area contributed by atoms with Crippen molar-refractivity contribution in [2.45, 2.75) is 104 Å². The number of rotatable bonds is 3. The van der Waals surface area contributed by atoms with E-state index in [0.29, 0.717) is 0 Å². The van der Waals surface area contributed by atoms with Crippen LogP contribution < -0.4 is 0 Å². The highest BCUT2D eigenvalue weighted by atomic mass is 32.1. The van der Waals surface area contributed by atoms with Crippen molar-refractivity contribution in [2.75, 3.05) is 0 Å². The predicted molar refractivity (Wildman–Crippen MR) is 144 cm³/mol. The van der Waals surface area contributed by atoms with Crippen LogP contribution in [0, 0.1) is 23.2 Å². The van der Waals surface area contributed by atoms with E-state index in [1.807, 2.05) is 25.3 Å². The van der Waals surface area contributed by atoms with Crippen molar-refractivity contribution in [3.63, 3.8) is 0 Å². The molecule has 0 bridgehead atoms. The van der Waals surface area contributed by atoms with Crippen LogP contribution in [0.25, 0.3) is 12.2 Å². The third kappa shape index (κ3) is 6.60. The van der Waals surface area contributed by atoms with Crippen LogP contribution in [-0.2, 0) is 14.3 Å². The highest BCUT2D eigenvalue weighted by molar-refractivity contribution is 7.10. The number of ketones is 2. The van der Waals surface area contributed by atoms with Crippen LogP contribution in [0.2, 0.25) is 0 Å². The quantitative estimate of drug-likeness (QED) is 0.515. The second kappa shape index (κ2) is 11.4. The van der Waals surface area contributed by atoms with E-state index in [1.54, 1.807) is 26.8 Å². The molecule has 3 unspecified atom stereocenters. The summed E-state index contributed by atoms with van der Waals surface area (Å²) in [7, 11) is 0. The topological polar surface area (TPSA) is 100 Å². The number of aromatic nitrogens is 1. The lowest BCUT2D eigenvalue weighted by Gasteiger charge is -2.34. The number of allylic oxidation sites excluding steroid dienone is 1. The van der Waals surface area contributed by atoms with Crippen LogP contribution in [0.1, 0.15) is 90.8 Å². The number of carbonyl (C=O) groups is 2. The summed E-state index contributed by atoms with van der Waals surface area (Å²) in [6, 6.07) is 0. The summed E-state index contributed by atoms with van der Waals surface area (Å²) >= 11 is 1.53. The molecule has 7 heteroatoms. The zero-order valence-corrected chi connectivity index (χ0v) is 23.4. The number of aliphatic hydroxyl groups is 2. The summed E-state index contributed by atoms with van der Waals surface area (Å²) < 4.78 is 6.14. The SMILES string of the molecule is C=Cc1nc(/C=C(\C)[C@H]2CC(=O)CC(O)C(C)(C)C(=O)C(C)[C@@H](O)C(C)CCC[C@@]3(C)O[C@H]3C2)cs1. The molecule has 200 valence electrons. The van der Waals surface area contributed by atoms with E-state index in [-0.39, 0.29) is 47.9 Å². The van der Waals surface area contributed by atoms with Crippen LogP contribution in [0.3, 0.4) is 0 Å². The Balaban J connectivity index is 1.86. The Labute approximate surface area is 219 Å². The predicted octanol–water partition coefficient (Wildman–Crippen LogP) is 5.48. The molecular weight excluding hydrogens is 474 g/mol. The average Bonchev–Trinajstić information content (AvgIpc) is 3.23. The van der Waals surface area contributed by atoms with Crippen molar-refractivity contribution in [1.29, 1.82) is 0 Å². The number of hydrogen-bond acceptors (Lipinski definition) is 7. The first-order valence-electron chi connectivity index (χ1n) is 13.1. The van der Waals surface area contributed by atoms with Gasteiger partial charge < -0.3 is 14.9 Å². The molecule has 0 aromatic carbocycles. The van der Waals surface area contributed by atoms with E-state index in [4.69, 9.17) is 4.74 Å². The molecule has 1 saturated heterocycles. The van der Waals surface area contributed by atoms with Gasteiger partial charge in [0.15, 0.2) is 0 Å². The van der Waals surface area contributed by atoms with Gasteiger partial charge in [-0.05, 0) is 57.1 Å². The number of fused-ring (bicyclic) bond motifs is 1. The van der Waals surface area contributed by atoms with E-state index in [9.17, 15) is 19.8 Å². The first kappa shape index (κ1) is 28.9. The number of thiazole rings is 1. The van der Waals surface area contributed by atoms with Crippen LogP contribution in [0.4, 0.5) is 0 Å². The van der Waals surface area contributed by atoms with Crippen LogP contribution in [0.15, 0.2) is 17.5 Å². The fourth-order valence-corrected chi connectivity index (χ4v) is 6.10. The summed E-state index contributed by atoms with van der Waals surface area (Å²) in [6.07, 6.45) is 5.36. The fraction of sp³-hybridized carbons (Fsp3) is 0.690. The number of Topliss-reactive ketones (excluding diaryl/α,β-unsaturated/α-hetero) is 2. The molecule has 2 N–H and O–H groups in total. The third-order valence-corrected chi connectivity index (χ3v) is 9.33. The maximum atomic E-state index is 13.3. The van der Waals surface area contributed by atoms with Crippen molar-refractivity contribution < 1.29 is 24.5 Å². The minimum absolute atomic E-state index is 0.0446. The zero-order chi connectivity index (χ0) is 26.8. The van der Waals surface area contributed by atoms with Gasteiger partial charge in [-0.2, -0.15) is 0 Å². The van der Waals surface area contributed by atoms with Gasteiger partial charge in [0, 0.05) is 24.1 Å². The Morgan fingerprint density at radius 3 is 2.56 bits per heavy atom. The first-order valence-corrected chi connectivity index (χ1v) is 14.0. The third-order valence-electron chi connectivity index (χ3n) is 8.47. The molecule has 1 aromatic heterocycles. The Morgan fingerprint density at radius 2 is 1.92 bits per heavy atom. The molecule has 7 atom stereocenters. The number of epoxide rings is 1. The Morgan fingerprint density at radius 1 is 1.22 bits per heavy atom. The van der Waals surface area contributed by atoms with Crippen molar-refractivity contribution in [3.8, 4) is 0 Å². The molecule has 1 aliphatic carbocycles. The van der Waals surface area contributed by atoms with Gasteiger partial charge in [0.05, 0.1) is 35.0 Å². The van der Waals surface area contributed by atoms with Crippen LogP contribution >= 0.6 is 11.3 Å². The smallest absolute Gasteiger partial charge is 0.146 e. The van der Waals surface area contributed by atoms with E-state index < -0.39 is 23.5 Å². The molecule has 2 fully saturated rings. The van der Waals surface area contributed by atoms with Crippen molar-refractivity contribution in [1.82, 2.24) is 4.98 Å². The molecule has 0 radical (unpaired) electrons. The summed E-state index contributed by atoms with van der Waals surface area (Å²) in [5.41, 5.74) is 0.536. The normalized spacial score (nSPS) is 36.8. The van der Waals surface area contributed by atoms with E-state index >= 15 is 0 Å². The minimum atomic E-state index is -1.13. The molecular formula is C29H43NO5S. The van der Waals surface area contributed by atoms with Gasteiger partial charge >= 0.3 is 0 Å². The molecule has 1 saturated carbocycles. The van der Waals surface area contributed by atoms with Gasteiger partial charge in [-0.3, -0.25) is 9.59 Å². The number of nitrogens with zero attached hydrogens (tertiary/aromatic N) is 1. The monoisotopic (exact) mass is 517 g/mol. The number of carbonyl (C=O) groups excluding carboxylic acids is 2. The minimum Gasteiger partial charge on any atom is -0.392 e. The Bertz CT molecular complexity index is 998. The lowest BCUT2D eigenvalue weighted by Crippen LogP contribution is -2.45. The highest BCUT2D eigenvalue weighted by Crippen LogP contribution is 2.46. The molecule has 2 aliphatic rings. The molecule has 0 amide bonds.